The first-order valence-electron chi connectivity index (χ1n) is 6.53. The summed E-state index contributed by atoms with van der Waals surface area (Å²) >= 11 is 3.60. The lowest BCUT2D eigenvalue weighted by molar-refractivity contribution is 0.559. The molecule has 2 aromatic heterocycles. The molecule has 0 aromatic carbocycles. The molecule has 0 saturated heterocycles. The molecule has 0 amide bonds. The molecule has 0 aliphatic heterocycles. The van der Waals surface area contributed by atoms with Crippen molar-refractivity contribution in [1.29, 1.82) is 0 Å². The van der Waals surface area contributed by atoms with Gasteiger partial charge in [0.05, 0.1) is 28.1 Å². The van der Waals surface area contributed by atoms with E-state index < -0.39 is 0 Å². The predicted octanol–water partition coefficient (Wildman–Crippen LogP) is 2.27. The molecule has 0 bridgehead atoms. The third-order valence-corrected chi connectivity index (χ3v) is 3.89. The molecule has 0 aliphatic carbocycles. The van der Waals surface area contributed by atoms with Crippen LogP contribution in [0.5, 0.6) is 0 Å². The summed E-state index contributed by atoms with van der Waals surface area (Å²) in [6, 6.07) is 0.0977. The van der Waals surface area contributed by atoms with Crippen molar-refractivity contribution >= 4 is 15.9 Å². The minimum Gasteiger partial charge on any atom is -0.308 e. The number of nitrogens with one attached hydrogen (secondary N) is 1. The van der Waals surface area contributed by atoms with Gasteiger partial charge in [-0.05, 0) is 36.3 Å². The van der Waals surface area contributed by atoms with Crippen molar-refractivity contribution in [3.63, 3.8) is 0 Å². The van der Waals surface area contributed by atoms with Gasteiger partial charge in [-0.1, -0.05) is 6.92 Å². The van der Waals surface area contributed by atoms with Gasteiger partial charge >= 0.3 is 0 Å². The highest BCUT2D eigenvalue weighted by molar-refractivity contribution is 9.10. The normalized spacial score (nSPS) is 12.9. The number of aryl methyl sites for hydroxylation is 3. The lowest BCUT2D eigenvalue weighted by Gasteiger charge is -2.18. The molecule has 2 rings (SSSR count). The Morgan fingerprint density at radius 3 is 2.74 bits per heavy atom. The van der Waals surface area contributed by atoms with Gasteiger partial charge < -0.3 is 5.32 Å². The van der Waals surface area contributed by atoms with Crippen LogP contribution >= 0.6 is 15.9 Å². The summed E-state index contributed by atoms with van der Waals surface area (Å²) in [5.74, 6) is 0. The van der Waals surface area contributed by atoms with E-state index >= 15 is 0 Å². The van der Waals surface area contributed by atoms with Crippen molar-refractivity contribution in [2.75, 3.05) is 7.05 Å². The van der Waals surface area contributed by atoms with Crippen LogP contribution < -0.4 is 5.32 Å². The Morgan fingerprint density at radius 2 is 2.16 bits per heavy atom. The van der Waals surface area contributed by atoms with Gasteiger partial charge in [0.2, 0.25) is 0 Å². The SMILES string of the molecule is CCc1nn(C)cc1C(NC)c1c(Br)cnn1CC. The van der Waals surface area contributed by atoms with Crippen molar-refractivity contribution in [2.24, 2.45) is 7.05 Å². The molecule has 104 valence electrons. The van der Waals surface area contributed by atoms with E-state index in [0.29, 0.717) is 0 Å². The van der Waals surface area contributed by atoms with Crippen molar-refractivity contribution in [3.8, 4) is 0 Å². The minimum atomic E-state index is 0.0977. The Balaban J connectivity index is 2.52. The van der Waals surface area contributed by atoms with Crippen LogP contribution in [0.2, 0.25) is 0 Å². The Bertz CT molecular complexity index is 557. The molecule has 5 nitrogen and oxygen atoms in total. The molecule has 1 N–H and O–H groups in total. The Morgan fingerprint density at radius 1 is 1.42 bits per heavy atom. The van der Waals surface area contributed by atoms with Crippen LogP contribution in [0.15, 0.2) is 16.9 Å². The third kappa shape index (κ3) is 2.60. The summed E-state index contributed by atoms with van der Waals surface area (Å²) < 4.78 is 4.91. The summed E-state index contributed by atoms with van der Waals surface area (Å²) in [6.45, 7) is 5.07. The summed E-state index contributed by atoms with van der Waals surface area (Å²) in [4.78, 5) is 0. The second-order valence-corrected chi connectivity index (χ2v) is 5.33. The van der Waals surface area contributed by atoms with Crippen molar-refractivity contribution in [2.45, 2.75) is 32.9 Å². The Labute approximate surface area is 122 Å². The minimum absolute atomic E-state index is 0.0977. The molecule has 0 radical (unpaired) electrons. The second kappa shape index (κ2) is 5.88. The zero-order valence-corrected chi connectivity index (χ0v) is 13.4. The molecular formula is C13H20BrN5. The molecule has 6 heteroatoms. The quantitative estimate of drug-likeness (QED) is 0.917. The fourth-order valence-corrected chi connectivity index (χ4v) is 2.94. The fourth-order valence-electron chi connectivity index (χ4n) is 2.42. The first-order valence-corrected chi connectivity index (χ1v) is 7.32. The van der Waals surface area contributed by atoms with E-state index in [1.807, 2.05) is 29.7 Å². The van der Waals surface area contributed by atoms with E-state index in [-0.39, 0.29) is 6.04 Å². The van der Waals surface area contributed by atoms with Gasteiger partial charge in [0, 0.05) is 25.4 Å². The zero-order chi connectivity index (χ0) is 14.0. The number of rotatable bonds is 5. The monoisotopic (exact) mass is 325 g/mol. The van der Waals surface area contributed by atoms with E-state index in [9.17, 15) is 0 Å². The van der Waals surface area contributed by atoms with Crippen LogP contribution in [0, 0.1) is 0 Å². The molecule has 0 spiro atoms. The molecule has 19 heavy (non-hydrogen) atoms. The second-order valence-electron chi connectivity index (χ2n) is 4.47. The molecule has 2 aromatic rings. The van der Waals surface area contributed by atoms with Gasteiger partial charge in [-0.25, -0.2) is 0 Å². The van der Waals surface area contributed by atoms with Gasteiger partial charge in [-0.3, -0.25) is 9.36 Å². The third-order valence-electron chi connectivity index (χ3n) is 3.28. The summed E-state index contributed by atoms with van der Waals surface area (Å²) in [6.07, 6.45) is 4.86. The highest BCUT2D eigenvalue weighted by Crippen LogP contribution is 2.30. The van der Waals surface area contributed by atoms with E-state index in [1.165, 1.54) is 5.56 Å². The lowest BCUT2D eigenvalue weighted by Crippen LogP contribution is -2.22. The van der Waals surface area contributed by atoms with E-state index in [2.05, 4.69) is 51.5 Å². The molecule has 2 heterocycles. The van der Waals surface area contributed by atoms with Crippen molar-refractivity contribution in [3.05, 3.63) is 33.8 Å². The van der Waals surface area contributed by atoms with Crippen LogP contribution in [0.4, 0.5) is 0 Å². The highest BCUT2D eigenvalue weighted by atomic mass is 79.9. The predicted molar refractivity (Wildman–Crippen MR) is 79.1 cm³/mol. The largest absolute Gasteiger partial charge is 0.308 e. The number of hydrogen-bond acceptors (Lipinski definition) is 3. The zero-order valence-electron chi connectivity index (χ0n) is 11.8. The molecule has 0 saturated carbocycles. The summed E-state index contributed by atoms with van der Waals surface area (Å²) in [7, 11) is 3.93. The van der Waals surface area contributed by atoms with Crippen LogP contribution in [0.1, 0.15) is 36.8 Å². The smallest absolute Gasteiger partial charge is 0.0791 e. The number of halogens is 1. The molecule has 1 atom stereocenters. The van der Waals surface area contributed by atoms with Crippen LogP contribution in [0.25, 0.3) is 0 Å². The maximum atomic E-state index is 4.52. The highest BCUT2D eigenvalue weighted by Gasteiger charge is 2.23. The van der Waals surface area contributed by atoms with E-state index in [0.717, 1.165) is 28.8 Å². The van der Waals surface area contributed by atoms with Crippen LogP contribution in [-0.4, -0.2) is 26.6 Å². The van der Waals surface area contributed by atoms with Crippen LogP contribution in [0.3, 0.4) is 0 Å². The number of hydrogen-bond donors (Lipinski definition) is 1. The average molecular weight is 326 g/mol. The number of aromatic nitrogens is 4. The van der Waals surface area contributed by atoms with Gasteiger partial charge in [-0.2, -0.15) is 10.2 Å². The maximum absolute atomic E-state index is 4.52. The Kier molecular flexibility index (Phi) is 4.42. The van der Waals surface area contributed by atoms with Gasteiger partial charge in [-0.15, -0.1) is 0 Å². The molecule has 0 fully saturated rings. The van der Waals surface area contributed by atoms with Gasteiger partial charge in [0.1, 0.15) is 0 Å². The molecular weight excluding hydrogens is 306 g/mol. The number of nitrogens with zero attached hydrogens (tertiary/aromatic N) is 4. The van der Waals surface area contributed by atoms with Crippen molar-refractivity contribution in [1.82, 2.24) is 24.9 Å². The van der Waals surface area contributed by atoms with Gasteiger partial charge in [0.25, 0.3) is 0 Å². The van der Waals surface area contributed by atoms with E-state index in [4.69, 9.17) is 0 Å². The standard InChI is InChI=1S/C13H20BrN5/c1-5-11-9(8-18(4)17-11)12(15-3)13-10(14)7-16-19(13)6-2/h7-8,12,15H,5-6H2,1-4H3. The van der Waals surface area contributed by atoms with Gasteiger partial charge in [0.15, 0.2) is 0 Å². The first kappa shape index (κ1) is 14.3. The average Bonchev–Trinajstić information content (AvgIpc) is 2.95. The van der Waals surface area contributed by atoms with Crippen molar-refractivity contribution < 1.29 is 0 Å². The first-order chi connectivity index (χ1) is 9.12. The fraction of sp³-hybridized carbons (Fsp3) is 0.538. The van der Waals surface area contributed by atoms with E-state index in [1.54, 1.807) is 0 Å². The molecule has 0 aliphatic rings. The Hall–Kier alpha value is -1.14. The topological polar surface area (TPSA) is 47.7 Å². The summed E-state index contributed by atoms with van der Waals surface area (Å²) in [5.41, 5.74) is 3.48. The maximum Gasteiger partial charge on any atom is 0.0791 e. The molecule has 1 unspecified atom stereocenters. The van der Waals surface area contributed by atoms with Crippen LogP contribution in [-0.2, 0) is 20.0 Å². The lowest BCUT2D eigenvalue weighted by atomic mass is 10.0. The summed E-state index contributed by atoms with van der Waals surface area (Å²) in [5, 5.41) is 12.3.